The van der Waals surface area contributed by atoms with Crippen LogP contribution in [0, 0.1) is 17.4 Å². The molecule has 2 heterocycles. The Bertz CT molecular complexity index is 1030. The minimum absolute atomic E-state index is 0.274. The van der Waals surface area contributed by atoms with Crippen LogP contribution in [0.3, 0.4) is 0 Å². The van der Waals surface area contributed by atoms with Crippen LogP contribution in [0.25, 0.3) is 0 Å². The molecule has 2 N–H and O–H groups in total. The molecule has 1 aromatic heterocycles. The van der Waals surface area contributed by atoms with Crippen molar-refractivity contribution in [1.29, 1.82) is 0 Å². The van der Waals surface area contributed by atoms with E-state index in [2.05, 4.69) is 52.5 Å². The first-order valence-electron chi connectivity index (χ1n) is 12.5. The number of morpholine rings is 1. The van der Waals surface area contributed by atoms with Crippen LogP contribution in [0.1, 0.15) is 53.2 Å². The molecule has 1 aromatic rings. The number of aliphatic imine (C=N–C) groups is 3. The second-order valence-corrected chi connectivity index (χ2v) is 9.97. The maximum atomic E-state index is 5.93. The minimum Gasteiger partial charge on any atom is -0.433 e. The van der Waals surface area contributed by atoms with E-state index in [1.807, 2.05) is 33.0 Å². The molecule has 9 heteroatoms. The molecule has 0 amide bonds. The van der Waals surface area contributed by atoms with Crippen molar-refractivity contribution in [2.45, 2.75) is 59.9 Å². The molecule has 0 saturated carbocycles. The van der Waals surface area contributed by atoms with Gasteiger partial charge in [-0.15, -0.1) is 0 Å². The van der Waals surface area contributed by atoms with Crippen LogP contribution in [0.5, 0.6) is 0 Å². The summed E-state index contributed by atoms with van der Waals surface area (Å²) >= 11 is 5.44. The zero-order valence-electron chi connectivity index (χ0n) is 22.6. The topological polar surface area (TPSA) is 86.6 Å². The fourth-order valence-corrected chi connectivity index (χ4v) is 3.96. The molecule has 0 radical (unpaired) electrons. The maximum absolute atomic E-state index is 5.93. The lowest BCUT2D eigenvalue weighted by Crippen LogP contribution is -2.40. The molecule has 0 spiro atoms. The number of aromatic amines is 1. The summed E-state index contributed by atoms with van der Waals surface area (Å²) in [5, 5.41) is 3.43. The predicted octanol–water partition coefficient (Wildman–Crippen LogP) is 5.90. The second kappa shape index (κ2) is 14.7. The van der Waals surface area contributed by atoms with E-state index in [0.717, 1.165) is 53.4 Å². The van der Waals surface area contributed by atoms with Crippen molar-refractivity contribution in [3.05, 3.63) is 47.1 Å². The largest absolute Gasteiger partial charge is 0.433 e. The average molecular weight is 515 g/mol. The number of aromatic nitrogens is 1. The van der Waals surface area contributed by atoms with Gasteiger partial charge in [0.1, 0.15) is 5.84 Å². The fraction of sp³-hybridized carbons (Fsp3) is 0.556. The predicted molar refractivity (Wildman–Crippen MR) is 154 cm³/mol. The molecule has 1 aliphatic heterocycles. The number of H-pyrrole nitrogens is 1. The van der Waals surface area contributed by atoms with E-state index in [1.54, 1.807) is 18.7 Å². The Balaban J connectivity index is 2.01. The van der Waals surface area contributed by atoms with Crippen LogP contribution in [0.2, 0.25) is 0 Å². The van der Waals surface area contributed by atoms with E-state index in [-0.39, 0.29) is 11.5 Å². The number of hydrogen-bond acceptors (Lipinski definition) is 6. The van der Waals surface area contributed by atoms with Gasteiger partial charge in [0.05, 0.1) is 35.2 Å². The minimum atomic E-state index is -0.370. The van der Waals surface area contributed by atoms with Gasteiger partial charge < -0.3 is 24.7 Å². The van der Waals surface area contributed by atoms with E-state index in [1.165, 1.54) is 0 Å². The molecule has 1 aliphatic rings. The van der Waals surface area contributed by atoms with E-state index in [4.69, 9.17) is 26.7 Å². The normalized spacial score (nSPS) is 16.8. The van der Waals surface area contributed by atoms with Crippen LogP contribution in [-0.2, 0) is 9.47 Å². The smallest absolute Gasteiger partial charge is 0.316 e. The van der Waals surface area contributed by atoms with Crippen molar-refractivity contribution >= 4 is 36.0 Å². The van der Waals surface area contributed by atoms with Crippen molar-refractivity contribution < 1.29 is 9.47 Å². The van der Waals surface area contributed by atoms with Gasteiger partial charge in [-0.3, -0.25) is 0 Å². The summed E-state index contributed by atoms with van der Waals surface area (Å²) in [6, 6.07) is 2.31. The third kappa shape index (κ3) is 9.70. The number of aryl methyl sites for hydroxylation is 1. The number of anilines is 1. The molecule has 0 aliphatic carbocycles. The highest BCUT2D eigenvalue weighted by Gasteiger charge is 2.26. The molecular weight excluding hydrogens is 472 g/mol. The number of rotatable bonds is 10. The molecule has 1 atom stereocenters. The van der Waals surface area contributed by atoms with Crippen molar-refractivity contribution in [3.8, 4) is 0 Å². The van der Waals surface area contributed by atoms with Gasteiger partial charge in [0.25, 0.3) is 0 Å². The third-order valence-corrected chi connectivity index (χ3v) is 6.54. The van der Waals surface area contributed by atoms with E-state index in [0.29, 0.717) is 25.7 Å². The summed E-state index contributed by atoms with van der Waals surface area (Å²) in [7, 11) is 0. The Kier molecular flexibility index (Phi) is 12.0. The maximum Gasteiger partial charge on any atom is 0.316 e. The average Bonchev–Trinajstić information content (AvgIpc) is 2.84. The molecule has 1 saturated heterocycles. The SMILES string of the molecule is C=CN=C(C/C(C)=C/OC(N=CC)=NC(C)(C)C(C)CCNc1c[nH]c(C)cc1=S)N1CCOCC1. The molecular formula is C27H42N6O2S. The Morgan fingerprint density at radius 2 is 2.11 bits per heavy atom. The highest BCUT2D eigenvalue weighted by atomic mass is 32.1. The lowest BCUT2D eigenvalue weighted by molar-refractivity contribution is 0.0674. The molecule has 0 aromatic carbocycles. The quantitative estimate of drug-likeness (QED) is 0.176. The van der Waals surface area contributed by atoms with Gasteiger partial charge in [0.15, 0.2) is 0 Å². The molecule has 2 rings (SSSR count). The van der Waals surface area contributed by atoms with Gasteiger partial charge in [0.2, 0.25) is 0 Å². The summed E-state index contributed by atoms with van der Waals surface area (Å²) < 4.78 is 12.2. The van der Waals surface area contributed by atoms with Crippen molar-refractivity contribution in [2.75, 3.05) is 38.2 Å². The van der Waals surface area contributed by atoms with Gasteiger partial charge in [0, 0.05) is 50.4 Å². The zero-order valence-corrected chi connectivity index (χ0v) is 23.5. The van der Waals surface area contributed by atoms with Crippen molar-refractivity contribution in [1.82, 2.24) is 9.88 Å². The van der Waals surface area contributed by atoms with Gasteiger partial charge in [-0.05, 0) is 58.6 Å². The number of ether oxygens (including phenoxy) is 2. The summed E-state index contributed by atoms with van der Waals surface area (Å²) in [6.07, 6.45) is 8.48. The van der Waals surface area contributed by atoms with Gasteiger partial charge in [-0.25, -0.2) is 15.0 Å². The molecule has 0 bridgehead atoms. The summed E-state index contributed by atoms with van der Waals surface area (Å²) in [6.45, 7) is 19.9. The van der Waals surface area contributed by atoms with E-state index < -0.39 is 0 Å². The fourth-order valence-electron chi connectivity index (χ4n) is 3.65. The van der Waals surface area contributed by atoms with Crippen LogP contribution in [0.15, 0.2) is 51.9 Å². The lowest BCUT2D eigenvalue weighted by atomic mass is 9.87. The Labute approximate surface area is 221 Å². The highest BCUT2D eigenvalue weighted by Crippen LogP contribution is 2.25. The van der Waals surface area contributed by atoms with E-state index in [9.17, 15) is 0 Å². The van der Waals surface area contributed by atoms with Crippen LogP contribution in [0.4, 0.5) is 5.69 Å². The number of nitrogens with one attached hydrogen (secondary N) is 2. The number of hydrogen-bond donors (Lipinski definition) is 2. The second-order valence-electron chi connectivity index (χ2n) is 9.53. The molecule has 8 nitrogen and oxygen atoms in total. The van der Waals surface area contributed by atoms with Crippen molar-refractivity contribution in [2.24, 2.45) is 20.9 Å². The molecule has 198 valence electrons. The molecule has 1 fully saturated rings. The first-order valence-corrected chi connectivity index (χ1v) is 12.9. The van der Waals surface area contributed by atoms with Gasteiger partial charge in [-0.2, -0.15) is 0 Å². The highest BCUT2D eigenvalue weighted by molar-refractivity contribution is 7.71. The molecule has 36 heavy (non-hydrogen) atoms. The summed E-state index contributed by atoms with van der Waals surface area (Å²) in [5.74, 6) is 1.23. The van der Waals surface area contributed by atoms with Crippen LogP contribution >= 0.6 is 12.2 Å². The standard InChI is InChI=1S/C27H42N6O2S/c1-8-28-25(33-12-14-34-15-13-33)16-20(3)19-35-26(29-9-2)32-27(6,7)21(4)10-11-30-23-18-31-22(5)17-24(23)36/h8-9,17-19,21,30H,1,10-16H2,2-7H3,(H,31,36)/b20-19+,28-25?,29-9?,32-26?. The molecule has 1 unspecified atom stereocenters. The zero-order chi connectivity index (χ0) is 26.6. The Morgan fingerprint density at radius 1 is 1.39 bits per heavy atom. The number of amidine groups is 2. The van der Waals surface area contributed by atoms with E-state index >= 15 is 0 Å². The number of pyridine rings is 1. The van der Waals surface area contributed by atoms with Crippen LogP contribution in [-0.4, -0.2) is 66.3 Å². The summed E-state index contributed by atoms with van der Waals surface area (Å²) in [4.78, 5) is 19.1. The summed E-state index contributed by atoms with van der Waals surface area (Å²) in [5.41, 5.74) is 2.64. The van der Waals surface area contributed by atoms with Gasteiger partial charge in [-0.1, -0.05) is 25.7 Å². The lowest BCUT2D eigenvalue weighted by Gasteiger charge is -2.30. The van der Waals surface area contributed by atoms with Crippen molar-refractivity contribution in [3.63, 3.8) is 0 Å². The Morgan fingerprint density at radius 3 is 2.75 bits per heavy atom. The first-order chi connectivity index (χ1) is 17.2. The monoisotopic (exact) mass is 514 g/mol. The number of nitrogens with zero attached hydrogens (tertiary/aromatic N) is 4. The van der Waals surface area contributed by atoms with Crippen LogP contribution < -0.4 is 5.32 Å². The Hall–Kier alpha value is -2.78. The first kappa shape index (κ1) is 29.5. The van der Waals surface area contributed by atoms with Gasteiger partial charge >= 0.3 is 6.02 Å². The third-order valence-electron chi connectivity index (χ3n) is 6.20.